The van der Waals surface area contributed by atoms with Gasteiger partial charge in [-0.3, -0.25) is 0 Å². The molecule has 5 N–H and O–H groups in total. The number of hydrogen-bond acceptors (Lipinski definition) is 2. The van der Waals surface area contributed by atoms with Crippen molar-refractivity contribution in [1.82, 2.24) is 4.98 Å². The van der Waals surface area contributed by atoms with Crippen molar-refractivity contribution in [2.45, 2.75) is 0 Å². The summed E-state index contributed by atoms with van der Waals surface area (Å²) in [5, 5.41) is 0. The normalized spacial score (nSPS) is 10.2. The van der Waals surface area contributed by atoms with Crippen LogP contribution in [0.1, 0.15) is 0 Å². The van der Waals surface area contributed by atoms with Gasteiger partial charge in [0, 0.05) is 16.9 Å². The first-order valence-electron chi connectivity index (χ1n) is 4.06. The van der Waals surface area contributed by atoms with E-state index in [1.165, 1.54) is 0 Å². The molecule has 0 bridgehead atoms. The fraction of sp³-hybridized carbons (Fsp3) is 0. The van der Waals surface area contributed by atoms with Crippen LogP contribution in [0.4, 0.5) is 11.5 Å². The number of aromatic nitrogens is 1. The lowest BCUT2D eigenvalue weighted by Gasteiger charge is -1.98. The quantitative estimate of drug-likeness (QED) is 0.576. The lowest BCUT2D eigenvalue weighted by Crippen LogP contribution is -1.86. The first-order chi connectivity index (χ1) is 6.25. The SMILES string of the molecule is Nc1cccc(-c2ccc(N)[nH]2)c1. The third kappa shape index (κ3) is 1.49. The summed E-state index contributed by atoms with van der Waals surface area (Å²) < 4.78 is 0. The summed E-state index contributed by atoms with van der Waals surface area (Å²) in [5.74, 6) is 0.664. The van der Waals surface area contributed by atoms with E-state index in [0.29, 0.717) is 5.82 Å². The second-order valence-corrected chi connectivity index (χ2v) is 2.95. The van der Waals surface area contributed by atoms with Crippen molar-refractivity contribution in [3.05, 3.63) is 36.4 Å². The highest BCUT2D eigenvalue weighted by Gasteiger charge is 1.98. The van der Waals surface area contributed by atoms with Gasteiger partial charge in [-0.1, -0.05) is 12.1 Å². The molecule has 0 amide bonds. The molecule has 0 aliphatic heterocycles. The lowest BCUT2D eigenvalue weighted by molar-refractivity contribution is 1.40. The molecule has 0 saturated heterocycles. The van der Waals surface area contributed by atoms with Gasteiger partial charge in [-0.25, -0.2) is 0 Å². The van der Waals surface area contributed by atoms with Crippen LogP contribution in [-0.4, -0.2) is 4.98 Å². The zero-order chi connectivity index (χ0) is 9.26. The van der Waals surface area contributed by atoms with Crippen LogP contribution in [0.25, 0.3) is 11.3 Å². The molecule has 3 heteroatoms. The Balaban J connectivity index is 2.46. The predicted molar refractivity (Wildman–Crippen MR) is 55.1 cm³/mol. The van der Waals surface area contributed by atoms with E-state index in [9.17, 15) is 0 Å². The van der Waals surface area contributed by atoms with Gasteiger partial charge in [-0.2, -0.15) is 0 Å². The van der Waals surface area contributed by atoms with Crippen LogP contribution in [-0.2, 0) is 0 Å². The molecule has 0 unspecified atom stereocenters. The van der Waals surface area contributed by atoms with Gasteiger partial charge >= 0.3 is 0 Å². The summed E-state index contributed by atoms with van der Waals surface area (Å²) in [6.07, 6.45) is 0. The highest BCUT2D eigenvalue weighted by atomic mass is 14.8. The topological polar surface area (TPSA) is 67.8 Å². The van der Waals surface area contributed by atoms with Crippen LogP contribution in [0.15, 0.2) is 36.4 Å². The molecule has 13 heavy (non-hydrogen) atoms. The highest BCUT2D eigenvalue weighted by Crippen LogP contribution is 2.20. The third-order valence-electron chi connectivity index (χ3n) is 1.91. The van der Waals surface area contributed by atoms with Crippen LogP contribution in [0.3, 0.4) is 0 Å². The average Bonchev–Trinajstić information content (AvgIpc) is 2.52. The van der Waals surface area contributed by atoms with Gasteiger partial charge in [-0.15, -0.1) is 0 Å². The maximum Gasteiger partial charge on any atom is 0.101 e. The van der Waals surface area contributed by atoms with E-state index >= 15 is 0 Å². The molecular weight excluding hydrogens is 162 g/mol. The molecule has 0 spiro atoms. The molecule has 3 nitrogen and oxygen atoms in total. The Hall–Kier alpha value is -1.90. The average molecular weight is 173 g/mol. The lowest BCUT2D eigenvalue weighted by atomic mass is 10.1. The van der Waals surface area contributed by atoms with E-state index in [2.05, 4.69) is 4.98 Å². The molecule has 0 fully saturated rings. The molecule has 2 aromatic rings. The van der Waals surface area contributed by atoms with E-state index in [0.717, 1.165) is 16.9 Å². The molecule has 1 aromatic heterocycles. The van der Waals surface area contributed by atoms with Gasteiger partial charge in [0.2, 0.25) is 0 Å². The van der Waals surface area contributed by atoms with Gasteiger partial charge < -0.3 is 16.5 Å². The minimum Gasteiger partial charge on any atom is -0.399 e. The molecule has 66 valence electrons. The monoisotopic (exact) mass is 173 g/mol. The summed E-state index contributed by atoms with van der Waals surface area (Å²) in [6, 6.07) is 11.4. The van der Waals surface area contributed by atoms with Gasteiger partial charge in [0.25, 0.3) is 0 Å². The summed E-state index contributed by atoms with van der Waals surface area (Å²) in [7, 11) is 0. The van der Waals surface area contributed by atoms with Crippen molar-refractivity contribution in [2.75, 3.05) is 11.5 Å². The van der Waals surface area contributed by atoms with Crippen LogP contribution in [0.2, 0.25) is 0 Å². The minimum absolute atomic E-state index is 0.664. The number of anilines is 2. The smallest absolute Gasteiger partial charge is 0.101 e. The summed E-state index contributed by atoms with van der Waals surface area (Å²) in [5.41, 5.74) is 14.0. The Morgan fingerprint density at radius 3 is 2.46 bits per heavy atom. The highest BCUT2D eigenvalue weighted by molar-refractivity contribution is 5.66. The zero-order valence-electron chi connectivity index (χ0n) is 7.12. The van der Waals surface area contributed by atoms with Gasteiger partial charge in [0.05, 0.1) is 0 Å². The Labute approximate surface area is 76.4 Å². The minimum atomic E-state index is 0.664. The van der Waals surface area contributed by atoms with E-state index in [4.69, 9.17) is 11.5 Å². The Morgan fingerprint density at radius 2 is 1.85 bits per heavy atom. The van der Waals surface area contributed by atoms with Crippen molar-refractivity contribution in [1.29, 1.82) is 0 Å². The Kier molecular flexibility index (Phi) is 1.70. The van der Waals surface area contributed by atoms with Crippen LogP contribution >= 0.6 is 0 Å². The van der Waals surface area contributed by atoms with E-state index < -0.39 is 0 Å². The molecule has 2 rings (SSSR count). The van der Waals surface area contributed by atoms with Crippen LogP contribution < -0.4 is 11.5 Å². The van der Waals surface area contributed by atoms with Crippen molar-refractivity contribution < 1.29 is 0 Å². The number of nitrogens with two attached hydrogens (primary N) is 2. The molecule has 0 aliphatic rings. The molecule has 0 saturated carbocycles. The van der Waals surface area contributed by atoms with Crippen molar-refractivity contribution in [3.63, 3.8) is 0 Å². The fourth-order valence-corrected chi connectivity index (χ4v) is 1.29. The number of benzene rings is 1. The summed E-state index contributed by atoms with van der Waals surface area (Å²) >= 11 is 0. The third-order valence-corrected chi connectivity index (χ3v) is 1.91. The summed E-state index contributed by atoms with van der Waals surface area (Å²) in [6.45, 7) is 0. The summed E-state index contributed by atoms with van der Waals surface area (Å²) in [4.78, 5) is 3.04. The van der Waals surface area contributed by atoms with Crippen LogP contribution in [0, 0.1) is 0 Å². The largest absolute Gasteiger partial charge is 0.399 e. The number of rotatable bonds is 1. The number of nitrogens with one attached hydrogen (secondary N) is 1. The van der Waals surface area contributed by atoms with Gasteiger partial charge in [-0.05, 0) is 24.3 Å². The molecular formula is C10H11N3. The predicted octanol–water partition coefficient (Wildman–Crippen LogP) is 1.85. The van der Waals surface area contributed by atoms with Crippen molar-refractivity contribution >= 4 is 11.5 Å². The van der Waals surface area contributed by atoms with Crippen molar-refractivity contribution in [3.8, 4) is 11.3 Å². The molecule has 1 aromatic carbocycles. The number of hydrogen-bond donors (Lipinski definition) is 3. The van der Waals surface area contributed by atoms with Crippen molar-refractivity contribution in [2.24, 2.45) is 0 Å². The second-order valence-electron chi connectivity index (χ2n) is 2.95. The fourth-order valence-electron chi connectivity index (χ4n) is 1.29. The Morgan fingerprint density at radius 1 is 1.00 bits per heavy atom. The standard InChI is InChI=1S/C10H11N3/c11-8-3-1-2-7(6-8)9-4-5-10(12)13-9/h1-6,13H,11-12H2. The van der Waals surface area contributed by atoms with E-state index in [1.54, 1.807) is 0 Å². The zero-order valence-corrected chi connectivity index (χ0v) is 7.12. The maximum absolute atomic E-state index is 5.66. The number of aromatic amines is 1. The molecule has 1 heterocycles. The van der Waals surface area contributed by atoms with E-state index in [-0.39, 0.29) is 0 Å². The number of nitrogen functional groups attached to an aromatic ring is 2. The first-order valence-corrected chi connectivity index (χ1v) is 4.06. The van der Waals surface area contributed by atoms with Gasteiger partial charge in [0.15, 0.2) is 0 Å². The molecule has 0 atom stereocenters. The molecule has 0 radical (unpaired) electrons. The molecule has 0 aliphatic carbocycles. The first kappa shape index (κ1) is 7.73. The second kappa shape index (κ2) is 2.86. The number of H-pyrrole nitrogens is 1. The van der Waals surface area contributed by atoms with Crippen LogP contribution in [0.5, 0.6) is 0 Å². The Bertz CT molecular complexity index is 418. The maximum atomic E-state index is 5.66. The van der Waals surface area contributed by atoms with Gasteiger partial charge in [0.1, 0.15) is 5.82 Å². The van der Waals surface area contributed by atoms with E-state index in [1.807, 2.05) is 36.4 Å².